The van der Waals surface area contributed by atoms with Gasteiger partial charge in [0, 0.05) is 10.4 Å². The van der Waals surface area contributed by atoms with Gasteiger partial charge in [-0.15, -0.1) is 0 Å². The molecular formula is C18H21ClO. The van der Waals surface area contributed by atoms with E-state index >= 15 is 0 Å². The van der Waals surface area contributed by atoms with E-state index in [0.717, 1.165) is 18.4 Å². The van der Waals surface area contributed by atoms with Gasteiger partial charge in [-0.05, 0) is 35.6 Å². The Morgan fingerprint density at radius 3 is 2.15 bits per heavy atom. The number of benzene rings is 2. The summed E-state index contributed by atoms with van der Waals surface area (Å²) in [7, 11) is 0. The number of aryl methyl sites for hydroxylation is 1. The first-order valence-electron chi connectivity index (χ1n) is 7.03. The Balaban J connectivity index is 2.29. The minimum Gasteiger partial charge on any atom is -0.395 e. The molecule has 2 rings (SSSR count). The topological polar surface area (TPSA) is 20.2 Å². The van der Waals surface area contributed by atoms with Crippen LogP contribution in [0, 0.1) is 0 Å². The van der Waals surface area contributed by atoms with Crippen LogP contribution in [0.2, 0.25) is 5.02 Å². The van der Waals surface area contributed by atoms with Crippen molar-refractivity contribution in [3.63, 3.8) is 0 Å². The van der Waals surface area contributed by atoms with E-state index in [2.05, 4.69) is 38.1 Å². The summed E-state index contributed by atoms with van der Waals surface area (Å²) in [6.45, 7) is 4.28. The molecule has 1 atom stereocenters. The molecule has 20 heavy (non-hydrogen) atoms. The second-order valence-corrected chi connectivity index (χ2v) is 5.95. The molecule has 0 saturated carbocycles. The zero-order valence-electron chi connectivity index (χ0n) is 12.1. The van der Waals surface area contributed by atoms with E-state index in [4.69, 9.17) is 11.6 Å². The van der Waals surface area contributed by atoms with Gasteiger partial charge in [0.25, 0.3) is 0 Å². The number of hydrogen-bond acceptors (Lipinski definition) is 1. The second-order valence-electron chi connectivity index (χ2n) is 5.55. The Kier molecular flexibility index (Phi) is 4.85. The van der Waals surface area contributed by atoms with Gasteiger partial charge in [-0.1, -0.05) is 67.9 Å². The van der Waals surface area contributed by atoms with Crippen LogP contribution in [0.15, 0.2) is 48.5 Å². The summed E-state index contributed by atoms with van der Waals surface area (Å²) in [6.07, 6.45) is 1.82. The largest absolute Gasteiger partial charge is 0.395 e. The van der Waals surface area contributed by atoms with Gasteiger partial charge >= 0.3 is 0 Å². The van der Waals surface area contributed by atoms with Crippen molar-refractivity contribution < 1.29 is 5.11 Å². The Bertz CT molecular complexity index is 562. The van der Waals surface area contributed by atoms with Gasteiger partial charge in [0.1, 0.15) is 0 Å². The van der Waals surface area contributed by atoms with Crippen LogP contribution >= 0.6 is 11.6 Å². The lowest BCUT2D eigenvalue weighted by atomic mass is 9.78. The minimum atomic E-state index is -0.355. The average Bonchev–Trinajstić information content (AvgIpc) is 2.48. The zero-order valence-corrected chi connectivity index (χ0v) is 12.8. The van der Waals surface area contributed by atoms with E-state index < -0.39 is 0 Å². The van der Waals surface area contributed by atoms with Crippen molar-refractivity contribution >= 4 is 11.6 Å². The molecule has 0 saturated heterocycles. The first kappa shape index (κ1) is 15.1. The molecule has 0 radical (unpaired) electrons. The fraction of sp³-hybridized carbons (Fsp3) is 0.333. The number of aliphatic hydroxyl groups excluding tert-OH is 1. The first-order valence-corrected chi connectivity index (χ1v) is 7.40. The van der Waals surface area contributed by atoms with E-state index in [1.54, 1.807) is 0 Å². The van der Waals surface area contributed by atoms with Gasteiger partial charge in [0.05, 0.1) is 6.61 Å². The van der Waals surface area contributed by atoms with Gasteiger partial charge in [0.2, 0.25) is 0 Å². The van der Waals surface area contributed by atoms with E-state index in [1.807, 2.05) is 24.3 Å². The standard InChI is InChI=1S/C18H21ClO/c1-3-14-8-10-15(11-9-14)12-18(2,13-20)16-6-4-5-7-17(16)19/h4-11,20H,3,12-13H2,1-2H3. The van der Waals surface area contributed by atoms with Crippen LogP contribution < -0.4 is 0 Å². The number of halogens is 1. The summed E-state index contributed by atoms with van der Waals surface area (Å²) in [4.78, 5) is 0. The maximum atomic E-state index is 9.87. The molecular weight excluding hydrogens is 268 g/mol. The Morgan fingerprint density at radius 1 is 1.00 bits per heavy atom. The van der Waals surface area contributed by atoms with Gasteiger partial charge in [-0.25, -0.2) is 0 Å². The molecule has 1 nitrogen and oxygen atoms in total. The van der Waals surface area contributed by atoms with E-state index in [9.17, 15) is 5.11 Å². The molecule has 0 fully saturated rings. The van der Waals surface area contributed by atoms with Crippen molar-refractivity contribution in [2.45, 2.75) is 32.1 Å². The molecule has 0 aromatic heterocycles. The lowest BCUT2D eigenvalue weighted by Crippen LogP contribution is -2.29. The SMILES string of the molecule is CCc1ccc(CC(C)(CO)c2ccccc2Cl)cc1. The van der Waals surface area contributed by atoms with Crippen molar-refractivity contribution in [1.82, 2.24) is 0 Å². The number of hydrogen-bond donors (Lipinski definition) is 1. The summed E-state index contributed by atoms with van der Waals surface area (Å²) in [5, 5.41) is 10.6. The summed E-state index contributed by atoms with van der Waals surface area (Å²) in [5.41, 5.74) is 3.20. The highest BCUT2D eigenvalue weighted by Gasteiger charge is 2.28. The van der Waals surface area contributed by atoms with E-state index in [1.165, 1.54) is 11.1 Å². The molecule has 2 aromatic carbocycles. The highest BCUT2D eigenvalue weighted by atomic mass is 35.5. The van der Waals surface area contributed by atoms with Crippen molar-refractivity contribution in [1.29, 1.82) is 0 Å². The van der Waals surface area contributed by atoms with Crippen molar-refractivity contribution in [3.8, 4) is 0 Å². The molecule has 0 aliphatic rings. The third-order valence-corrected chi connectivity index (χ3v) is 4.23. The Labute approximate surface area is 126 Å². The van der Waals surface area contributed by atoms with E-state index in [-0.39, 0.29) is 12.0 Å². The number of aliphatic hydroxyl groups is 1. The molecule has 0 amide bonds. The van der Waals surface area contributed by atoms with E-state index in [0.29, 0.717) is 5.02 Å². The molecule has 106 valence electrons. The van der Waals surface area contributed by atoms with Crippen LogP contribution in [0.1, 0.15) is 30.5 Å². The fourth-order valence-corrected chi connectivity index (χ4v) is 2.89. The van der Waals surface area contributed by atoms with Crippen molar-refractivity contribution in [2.75, 3.05) is 6.61 Å². The third-order valence-electron chi connectivity index (χ3n) is 3.90. The normalized spacial score (nSPS) is 14.0. The minimum absolute atomic E-state index is 0.0757. The zero-order chi connectivity index (χ0) is 14.6. The predicted octanol–water partition coefficient (Wildman–Crippen LogP) is 4.40. The van der Waals surface area contributed by atoms with Gasteiger partial charge < -0.3 is 5.11 Å². The van der Waals surface area contributed by atoms with Crippen LogP contribution in [0.5, 0.6) is 0 Å². The fourth-order valence-electron chi connectivity index (χ4n) is 2.53. The molecule has 1 unspecified atom stereocenters. The second kappa shape index (κ2) is 6.43. The van der Waals surface area contributed by atoms with Crippen LogP contribution in [-0.2, 0) is 18.3 Å². The molecule has 0 heterocycles. The number of rotatable bonds is 5. The molecule has 1 N–H and O–H groups in total. The molecule has 0 bridgehead atoms. The van der Waals surface area contributed by atoms with Crippen LogP contribution in [0.4, 0.5) is 0 Å². The smallest absolute Gasteiger partial charge is 0.0529 e. The quantitative estimate of drug-likeness (QED) is 0.865. The van der Waals surface area contributed by atoms with Gasteiger partial charge in [0.15, 0.2) is 0 Å². The maximum absolute atomic E-state index is 9.87. The maximum Gasteiger partial charge on any atom is 0.0529 e. The highest BCUT2D eigenvalue weighted by molar-refractivity contribution is 6.31. The highest BCUT2D eigenvalue weighted by Crippen LogP contribution is 2.33. The molecule has 0 aliphatic carbocycles. The van der Waals surface area contributed by atoms with Crippen molar-refractivity contribution in [3.05, 3.63) is 70.2 Å². The third kappa shape index (κ3) is 3.23. The molecule has 0 aliphatic heterocycles. The summed E-state index contributed by atoms with van der Waals surface area (Å²) in [5.74, 6) is 0. The predicted molar refractivity (Wildman–Crippen MR) is 85.4 cm³/mol. The molecule has 0 spiro atoms. The lowest BCUT2D eigenvalue weighted by molar-refractivity contribution is 0.205. The van der Waals surface area contributed by atoms with Crippen LogP contribution in [0.25, 0.3) is 0 Å². The average molecular weight is 289 g/mol. The summed E-state index contributed by atoms with van der Waals surface area (Å²) >= 11 is 6.29. The van der Waals surface area contributed by atoms with Gasteiger partial charge in [-0.2, -0.15) is 0 Å². The Hall–Kier alpha value is -1.31. The van der Waals surface area contributed by atoms with Gasteiger partial charge in [-0.3, -0.25) is 0 Å². The lowest BCUT2D eigenvalue weighted by Gasteiger charge is -2.29. The van der Waals surface area contributed by atoms with Crippen LogP contribution in [0.3, 0.4) is 0 Å². The Morgan fingerprint density at radius 2 is 1.60 bits per heavy atom. The molecule has 2 heteroatoms. The summed E-state index contributed by atoms with van der Waals surface area (Å²) in [6, 6.07) is 16.4. The molecule has 2 aromatic rings. The monoisotopic (exact) mass is 288 g/mol. The van der Waals surface area contributed by atoms with Crippen molar-refractivity contribution in [2.24, 2.45) is 0 Å². The van der Waals surface area contributed by atoms with Crippen LogP contribution in [-0.4, -0.2) is 11.7 Å². The summed E-state index contributed by atoms with van der Waals surface area (Å²) < 4.78 is 0. The first-order chi connectivity index (χ1) is 9.59.